The van der Waals surface area contributed by atoms with E-state index in [1.54, 1.807) is 0 Å². The van der Waals surface area contributed by atoms with Gasteiger partial charge in [0.1, 0.15) is 11.6 Å². The Hall–Kier alpha value is -1.75. The zero-order valence-corrected chi connectivity index (χ0v) is 17.9. The molecular weight excluding hydrogens is 477 g/mol. The van der Waals surface area contributed by atoms with Crippen LogP contribution in [0.15, 0.2) is 11.1 Å². The zero-order valence-electron chi connectivity index (χ0n) is 16.3. The fourth-order valence-electron chi connectivity index (χ4n) is 3.07. The van der Waals surface area contributed by atoms with E-state index in [1.807, 2.05) is 0 Å². The van der Waals surface area contributed by atoms with E-state index < -0.39 is 86.3 Å². The number of esters is 1. The lowest BCUT2D eigenvalue weighted by Gasteiger charge is -2.12. The highest BCUT2D eigenvalue weighted by Crippen LogP contribution is 2.60. The zero-order chi connectivity index (χ0) is 23.9. The summed E-state index contributed by atoms with van der Waals surface area (Å²) in [7, 11) is 0. The monoisotopic (exact) mass is 492 g/mol. The lowest BCUT2D eigenvalue weighted by Crippen LogP contribution is -2.15. The Morgan fingerprint density at radius 3 is 2.00 bits per heavy atom. The molecular formula is C19H16ClF7O3S. The summed E-state index contributed by atoms with van der Waals surface area (Å²) in [6.07, 6.45) is -4.16. The van der Waals surface area contributed by atoms with Gasteiger partial charge >= 0.3 is 12.1 Å². The van der Waals surface area contributed by atoms with E-state index in [2.05, 4.69) is 0 Å². The van der Waals surface area contributed by atoms with Gasteiger partial charge in [0.15, 0.2) is 28.4 Å². The number of rotatable bonds is 6. The van der Waals surface area contributed by atoms with Crippen molar-refractivity contribution < 1.29 is 45.1 Å². The van der Waals surface area contributed by atoms with Crippen LogP contribution in [-0.2, 0) is 26.7 Å². The van der Waals surface area contributed by atoms with Crippen molar-refractivity contribution in [1.29, 1.82) is 0 Å². The van der Waals surface area contributed by atoms with Gasteiger partial charge in [0.2, 0.25) is 0 Å². The second kappa shape index (κ2) is 9.01. The standard InChI is InChI=1S/C19H16ClF7O3S/c1-7(28)31-6-9-15(23)13(21)8(14(22)16(9)24)5-30-17(29)12-10(18(12,2)3)4-11(20)19(25,26)27/h4,10,12H,5-6H2,1-3H3/b11-4-/t10-,12+/m0/s1. The molecule has 0 aromatic heterocycles. The highest BCUT2D eigenvalue weighted by Gasteiger charge is 2.62. The van der Waals surface area contributed by atoms with Crippen LogP contribution in [0.1, 0.15) is 31.9 Å². The Bertz CT molecular complexity index is 914. The summed E-state index contributed by atoms with van der Waals surface area (Å²) in [6, 6.07) is 0. The second-order valence-corrected chi connectivity index (χ2v) is 9.00. The molecule has 1 aliphatic carbocycles. The van der Waals surface area contributed by atoms with Gasteiger partial charge in [-0.3, -0.25) is 9.59 Å². The molecule has 1 aliphatic rings. The van der Waals surface area contributed by atoms with Gasteiger partial charge in [0.05, 0.1) is 11.5 Å². The van der Waals surface area contributed by atoms with E-state index in [0.717, 1.165) is 6.92 Å². The molecule has 1 aromatic rings. The predicted octanol–water partition coefficient (Wildman–Crippen LogP) is 6.02. The molecule has 0 bridgehead atoms. The molecule has 0 spiro atoms. The van der Waals surface area contributed by atoms with Crippen LogP contribution >= 0.6 is 23.4 Å². The summed E-state index contributed by atoms with van der Waals surface area (Å²) >= 11 is 5.62. The van der Waals surface area contributed by atoms with Crippen molar-refractivity contribution in [2.45, 2.75) is 39.3 Å². The predicted molar refractivity (Wildman–Crippen MR) is 98.8 cm³/mol. The minimum Gasteiger partial charge on any atom is -0.460 e. The molecule has 0 radical (unpaired) electrons. The topological polar surface area (TPSA) is 43.4 Å². The maximum absolute atomic E-state index is 14.2. The van der Waals surface area contributed by atoms with Gasteiger partial charge in [-0.15, -0.1) is 0 Å². The maximum atomic E-state index is 14.2. The fourth-order valence-corrected chi connectivity index (χ4v) is 3.81. The van der Waals surface area contributed by atoms with Crippen molar-refractivity contribution in [3.05, 3.63) is 45.5 Å². The van der Waals surface area contributed by atoms with E-state index in [0.29, 0.717) is 17.8 Å². The minimum atomic E-state index is -4.81. The summed E-state index contributed by atoms with van der Waals surface area (Å²) < 4.78 is 99.1. The average Bonchev–Trinajstić information content (AvgIpc) is 3.18. The second-order valence-electron chi connectivity index (χ2n) is 7.44. The Morgan fingerprint density at radius 1 is 1.06 bits per heavy atom. The first-order chi connectivity index (χ1) is 14.1. The lowest BCUT2D eigenvalue weighted by atomic mass is 10.1. The summed E-state index contributed by atoms with van der Waals surface area (Å²) in [4.78, 5) is 23.1. The van der Waals surface area contributed by atoms with Crippen molar-refractivity contribution in [2.75, 3.05) is 0 Å². The number of carbonyl (C=O) groups excluding carboxylic acids is 2. The van der Waals surface area contributed by atoms with E-state index in [1.165, 1.54) is 13.8 Å². The fraction of sp³-hybridized carbons (Fsp3) is 0.474. The van der Waals surface area contributed by atoms with Crippen LogP contribution < -0.4 is 0 Å². The van der Waals surface area contributed by atoms with E-state index in [9.17, 15) is 40.3 Å². The molecule has 0 heterocycles. The number of thioether (sulfide) groups is 1. The number of alkyl halides is 3. The largest absolute Gasteiger partial charge is 0.460 e. The van der Waals surface area contributed by atoms with E-state index in [4.69, 9.17) is 16.3 Å². The Kier molecular flexibility index (Phi) is 7.41. The third-order valence-corrected chi connectivity index (χ3v) is 6.16. The molecule has 1 fully saturated rings. The first kappa shape index (κ1) is 25.5. The molecule has 0 amide bonds. The van der Waals surface area contributed by atoms with Crippen LogP contribution in [0.4, 0.5) is 30.7 Å². The van der Waals surface area contributed by atoms with Crippen LogP contribution in [0, 0.1) is 40.5 Å². The van der Waals surface area contributed by atoms with E-state index in [-0.39, 0.29) is 0 Å². The Labute approximate surface area is 182 Å². The van der Waals surface area contributed by atoms with Gasteiger partial charge in [-0.1, -0.05) is 43.3 Å². The Morgan fingerprint density at radius 2 is 1.55 bits per heavy atom. The van der Waals surface area contributed by atoms with Crippen molar-refractivity contribution in [1.82, 2.24) is 0 Å². The molecule has 3 nitrogen and oxygen atoms in total. The van der Waals surface area contributed by atoms with E-state index >= 15 is 0 Å². The number of carbonyl (C=O) groups is 2. The van der Waals surface area contributed by atoms with Gasteiger partial charge in [0.25, 0.3) is 0 Å². The van der Waals surface area contributed by atoms with Crippen LogP contribution in [0.5, 0.6) is 0 Å². The molecule has 31 heavy (non-hydrogen) atoms. The molecule has 172 valence electrons. The third kappa shape index (κ3) is 5.36. The SMILES string of the molecule is CC(=O)SCc1c(F)c(F)c(COC(=O)[C@H]2[C@H](/C=C(\Cl)C(F)(F)F)C2(C)C)c(F)c1F. The number of benzene rings is 1. The van der Waals surface area contributed by atoms with Crippen LogP contribution in [0.3, 0.4) is 0 Å². The number of hydrogen-bond donors (Lipinski definition) is 0. The summed E-state index contributed by atoms with van der Waals surface area (Å²) in [5.74, 6) is -10.9. The van der Waals surface area contributed by atoms with Gasteiger partial charge in [-0.2, -0.15) is 13.2 Å². The molecule has 2 rings (SSSR count). The third-order valence-electron chi connectivity index (χ3n) is 4.99. The molecule has 0 aliphatic heterocycles. The molecule has 1 aromatic carbocycles. The number of allylic oxidation sites excluding steroid dienone is 2. The quantitative estimate of drug-likeness (QED) is 0.276. The maximum Gasteiger partial charge on any atom is 0.426 e. The average molecular weight is 493 g/mol. The van der Waals surface area contributed by atoms with Gasteiger partial charge in [-0.25, -0.2) is 17.6 Å². The molecule has 1 saturated carbocycles. The van der Waals surface area contributed by atoms with Crippen molar-refractivity contribution >= 4 is 34.4 Å². The summed E-state index contributed by atoms with van der Waals surface area (Å²) in [5, 5.41) is -1.96. The Balaban J connectivity index is 2.18. The molecule has 0 N–H and O–H groups in total. The smallest absolute Gasteiger partial charge is 0.426 e. The number of halogens is 8. The van der Waals surface area contributed by atoms with Crippen molar-refractivity contribution in [3.8, 4) is 0 Å². The number of hydrogen-bond acceptors (Lipinski definition) is 4. The minimum absolute atomic E-state index is 0.439. The molecule has 2 atom stereocenters. The van der Waals surface area contributed by atoms with Crippen LogP contribution in [0.2, 0.25) is 0 Å². The lowest BCUT2D eigenvalue weighted by molar-refractivity contribution is -0.147. The van der Waals surface area contributed by atoms with Crippen molar-refractivity contribution in [2.24, 2.45) is 17.3 Å². The van der Waals surface area contributed by atoms with Gasteiger partial charge in [-0.05, 0) is 11.3 Å². The normalized spacial score (nSPS) is 20.5. The van der Waals surface area contributed by atoms with Crippen LogP contribution in [-0.4, -0.2) is 17.3 Å². The first-order valence-corrected chi connectivity index (χ1v) is 10.0. The molecule has 0 unspecified atom stereocenters. The highest BCUT2D eigenvalue weighted by atomic mass is 35.5. The van der Waals surface area contributed by atoms with Gasteiger partial charge < -0.3 is 4.74 Å². The highest BCUT2D eigenvalue weighted by molar-refractivity contribution is 8.12. The summed E-state index contributed by atoms with van der Waals surface area (Å²) in [6.45, 7) is 2.84. The first-order valence-electron chi connectivity index (χ1n) is 8.68. The summed E-state index contributed by atoms with van der Waals surface area (Å²) in [5.41, 5.74) is -3.16. The van der Waals surface area contributed by atoms with Gasteiger partial charge in [0, 0.05) is 18.2 Å². The number of ether oxygens (including phenoxy) is 1. The molecule has 12 heteroatoms. The van der Waals surface area contributed by atoms with Crippen LogP contribution in [0.25, 0.3) is 0 Å². The molecule has 0 saturated heterocycles. The van der Waals surface area contributed by atoms with Crippen molar-refractivity contribution in [3.63, 3.8) is 0 Å².